The van der Waals surface area contributed by atoms with Gasteiger partial charge in [0.15, 0.2) is 0 Å². The topological polar surface area (TPSA) is 57.5 Å². The van der Waals surface area contributed by atoms with Gasteiger partial charge in [-0.1, -0.05) is 19.2 Å². The highest BCUT2D eigenvalue weighted by Gasteiger charge is 2.07. The van der Waals surface area contributed by atoms with Crippen molar-refractivity contribution in [2.75, 3.05) is 0 Å². The molecule has 0 rings (SSSR count). The van der Waals surface area contributed by atoms with Gasteiger partial charge >= 0.3 is 5.97 Å². The molecule has 0 aromatic carbocycles. The maximum absolute atomic E-state index is 10.2. The number of carbonyl (C=O) groups is 1. The van der Waals surface area contributed by atoms with Crippen LogP contribution in [0.1, 0.15) is 0 Å². The predicted molar refractivity (Wildman–Crippen MR) is 37.7 cm³/mol. The lowest BCUT2D eigenvalue weighted by molar-refractivity contribution is -0.132. The third kappa shape index (κ3) is 2.17. The molecule has 0 atom stereocenters. The SMILES string of the molecule is C=C/C=C(\C(=C)O)C(=O)O. The van der Waals surface area contributed by atoms with Crippen LogP contribution in [0.15, 0.2) is 36.6 Å². The van der Waals surface area contributed by atoms with E-state index >= 15 is 0 Å². The minimum atomic E-state index is -1.22. The fourth-order valence-corrected chi connectivity index (χ4v) is 0.409. The quantitative estimate of drug-likeness (QED) is 0.352. The molecule has 0 aromatic rings. The zero-order valence-corrected chi connectivity index (χ0v) is 5.37. The predicted octanol–water partition coefficient (Wildman–Crippen LogP) is 1.26. The lowest BCUT2D eigenvalue weighted by Gasteiger charge is -1.95. The molecule has 0 aliphatic heterocycles. The molecule has 3 heteroatoms. The van der Waals surface area contributed by atoms with Gasteiger partial charge in [-0.05, 0) is 6.08 Å². The number of carboxylic acids is 1. The Morgan fingerprint density at radius 1 is 1.40 bits per heavy atom. The summed E-state index contributed by atoms with van der Waals surface area (Å²) in [5.74, 6) is -1.68. The first-order chi connectivity index (χ1) is 4.59. The minimum Gasteiger partial charge on any atom is -0.508 e. The van der Waals surface area contributed by atoms with E-state index in [1.165, 1.54) is 12.2 Å². The molecule has 0 unspecified atom stereocenters. The van der Waals surface area contributed by atoms with Crippen LogP contribution in [0.2, 0.25) is 0 Å². The molecular formula is C7H8O3. The van der Waals surface area contributed by atoms with E-state index in [9.17, 15) is 4.79 Å². The maximum atomic E-state index is 10.2. The Hall–Kier alpha value is -1.51. The summed E-state index contributed by atoms with van der Waals surface area (Å²) in [6, 6.07) is 0. The van der Waals surface area contributed by atoms with E-state index in [2.05, 4.69) is 13.2 Å². The second kappa shape index (κ2) is 3.50. The molecule has 0 spiro atoms. The number of allylic oxidation sites excluding steroid dienone is 2. The standard InChI is InChI=1S/C7H8O3/c1-3-4-6(5(2)8)7(9)10/h3-4,8H,1-2H2,(H,9,10)/b6-4+. The summed E-state index contributed by atoms with van der Waals surface area (Å²) in [6.45, 7) is 6.33. The van der Waals surface area contributed by atoms with Gasteiger partial charge in [-0.15, -0.1) is 0 Å². The highest BCUT2D eigenvalue weighted by atomic mass is 16.4. The fraction of sp³-hybridized carbons (Fsp3) is 0. The van der Waals surface area contributed by atoms with Gasteiger partial charge in [0.25, 0.3) is 0 Å². The first-order valence-corrected chi connectivity index (χ1v) is 2.54. The Bertz CT molecular complexity index is 185. The third-order valence-electron chi connectivity index (χ3n) is 0.826. The lowest BCUT2D eigenvalue weighted by Crippen LogP contribution is -2.01. The zero-order valence-electron chi connectivity index (χ0n) is 5.37. The van der Waals surface area contributed by atoms with Crippen molar-refractivity contribution < 1.29 is 15.0 Å². The van der Waals surface area contributed by atoms with Crippen molar-refractivity contribution in [2.45, 2.75) is 0 Å². The Morgan fingerprint density at radius 3 is 2.00 bits per heavy atom. The Morgan fingerprint density at radius 2 is 1.90 bits per heavy atom. The number of aliphatic hydroxyl groups is 1. The minimum absolute atomic E-state index is 0.241. The van der Waals surface area contributed by atoms with Crippen LogP contribution in [-0.2, 0) is 4.79 Å². The molecule has 54 valence electrons. The van der Waals surface area contributed by atoms with Gasteiger partial charge in [0.1, 0.15) is 11.3 Å². The van der Waals surface area contributed by atoms with Crippen molar-refractivity contribution in [3.8, 4) is 0 Å². The summed E-state index contributed by atoms with van der Waals surface area (Å²) in [4.78, 5) is 10.2. The lowest BCUT2D eigenvalue weighted by atomic mass is 10.2. The number of hydrogen-bond acceptors (Lipinski definition) is 2. The Balaban J connectivity index is 4.58. The summed E-state index contributed by atoms with van der Waals surface area (Å²) < 4.78 is 0. The first-order valence-electron chi connectivity index (χ1n) is 2.54. The van der Waals surface area contributed by atoms with Crippen molar-refractivity contribution in [3.05, 3.63) is 36.6 Å². The van der Waals surface area contributed by atoms with Crippen molar-refractivity contribution in [3.63, 3.8) is 0 Å². The molecule has 3 nitrogen and oxygen atoms in total. The second-order valence-corrected chi connectivity index (χ2v) is 1.57. The van der Waals surface area contributed by atoms with Gasteiger partial charge < -0.3 is 10.2 Å². The molecule has 0 bridgehead atoms. The number of aliphatic carboxylic acids is 1. The smallest absolute Gasteiger partial charge is 0.339 e. The zero-order chi connectivity index (χ0) is 8.15. The van der Waals surface area contributed by atoms with Crippen molar-refractivity contribution in [2.24, 2.45) is 0 Å². The van der Waals surface area contributed by atoms with E-state index < -0.39 is 11.7 Å². The molecule has 2 N–H and O–H groups in total. The average Bonchev–Trinajstić information content (AvgIpc) is 1.81. The number of aliphatic hydroxyl groups excluding tert-OH is 1. The molecular weight excluding hydrogens is 132 g/mol. The van der Waals surface area contributed by atoms with Crippen molar-refractivity contribution >= 4 is 5.97 Å². The van der Waals surface area contributed by atoms with Crippen LogP contribution in [0.5, 0.6) is 0 Å². The third-order valence-corrected chi connectivity index (χ3v) is 0.826. The highest BCUT2D eigenvalue weighted by molar-refractivity contribution is 5.91. The molecule has 10 heavy (non-hydrogen) atoms. The van der Waals surface area contributed by atoms with Crippen LogP contribution in [0.4, 0.5) is 0 Å². The van der Waals surface area contributed by atoms with Crippen LogP contribution in [0.3, 0.4) is 0 Å². The molecule has 0 fully saturated rings. The Kier molecular flexibility index (Phi) is 2.97. The van der Waals surface area contributed by atoms with E-state index in [4.69, 9.17) is 10.2 Å². The van der Waals surface area contributed by atoms with Gasteiger partial charge in [-0.3, -0.25) is 0 Å². The summed E-state index contributed by atoms with van der Waals surface area (Å²) >= 11 is 0. The summed E-state index contributed by atoms with van der Waals surface area (Å²) in [6.07, 6.45) is 2.44. The largest absolute Gasteiger partial charge is 0.508 e. The normalized spacial score (nSPS) is 10.6. The van der Waals surface area contributed by atoms with Gasteiger partial charge in [-0.2, -0.15) is 0 Å². The molecule has 0 aromatic heterocycles. The molecule has 0 saturated carbocycles. The van der Waals surface area contributed by atoms with Crippen LogP contribution in [0, 0.1) is 0 Å². The summed E-state index contributed by atoms with van der Waals surface area (Å²) in [5, 5.41) is 17.0. The summed E-state index contributed by atoms with van der Waals surface area (Å²) in [5.41, 5.74) is -0.241. The van der Waals surface area contributed by atoms with E-state index in [0.717, 1.165) is 0 Å². The van der Waals surface area contributed by atoms with Gasteiger partial charge in [0.2, 0.25) is 0 Å². The number of rotatable bonds is 3. The van der Waals surface area contributed by atoms with Crippen LogP contribution < -0.4 is 0 Å². The molecule has 0 saturated heterocycles. The average molecular weight is 140 g/mol. The highest BCUT2D eigenvalue weighted by Crippen LogP contribution is 2.03. The molecule has 0 radical (unpaired) electrons. The van der Waals surface area contributed by atoms with Gasteiger partial charge in [0.05, 0.1) is 0 Å². The number of hydrogen-bond donors (Lipinski definition) is 2. The number of carboxylic acid groups (broad SMARTS) is 1. The van der Waals surface area contributed by atoms with Gasteiger partial charge in [-0.25, -0.2) is 4.79 Å². The molecule has 0 aliphatic carbocycles. The van der Waals surface area contributed by atoms with E-state index in [1.807, 2.05) is 0 Å². The van der Waals surface area contributed by atoms with E-state index in [-0.39, 0.29) is 5.57 Å². The fourth-order valence-electron chi connectivity index (χ4n) is 0.409. The van der Waals surface area contributed by atoms with E-state index in [1.54, 1.807) is 0 Å². The monoisotopic (exact) mass is 140 g/mol. The van der Waals surface area contributed by atoms with Crippen LogP contribution >= 0.6 is 0 Å². The maximum Gasteiger partial charge on any atom is 0.339 e. The van der Waals surface area contributed by atoms with Crippen molar-refractivity contribution in [1.29, 1.82) is 0 Å². The van der Waals surface area contributed by atoms with Crippen LogP contribution in [0.25, 0.3) is 0 Å². The van der Waals surface area contributed by atoms with Crippen LogP contribution in [-0.4, -0.2) is 16.2 Å². The molecule has 0 amide bonds. The molecule has 0 heterocycles. The molecule has 0 aliphatic rings. The summed E-state index contributed by atoms with van der Waals surface area (Å²) in [7, 11) is 0. The Labute approximate surface area is 58.6 Å². The van der Waals surface area contributed by atoms with Crippen molar-refractivity contribution in [1.82, 2.24) is 0 Å². The van der Waals surface area contributed by atoms with Gasteiger partial charge in [0, 0.05) is 0 Å². The first kappa shape index (κ1) is 8.49. The van der Waals surface area contributed by atoms with E-state index in [0.29, 0.717) is 0 Å². The second-order valence-electron chi connectivity index (χ2n) is 1.57.